The number of piperidine rings is 1. The van der Waals surface area contributed by atoms with Crippen LogP contribution in [0.15, 0.2) is 77.9 Å². The number of benzene rings is 2. The van der Waals surface area contributed by atoms with Crippen LogP contribution in [0.25, 0.3) is 0 Å². The minimum absolute atomic E-state index is 0.342. The Bertz CT molecular complexity index is 1140. The Hall–Kier alpha value is -3.06. The van der Waals surface area contributed by atoms with Gasteiger partial charge in [0.25, 0.3) is 0 Å². The lowest BCUT2D eigenvalue weighted by Crippen LogP contribution is -2.45. The minimum atomic E-state index is 0.342. The van der Waals surface area contributed by atoms with Gasteiger partial charge in [0, 0.05) is 44.6 Å². The number of pyridine rings is 1. The van der Waals surface area contributed by atoms with Crippen LogP contribution in [0.1, 0.15) is 48.5 Å². The molecule has 1 aromatic heterocycles. The van der Waals surface area contributed by atoms with Crippen LogP contribution in [-0.2, 0) is 13.0 Å². The first-order valence-corrected chi connectivity index (χ1v) is 13.8. The summed E-state index contributed by atoms with van der Waals surface area (Å²) in [6.45, 7) is 6.14. The van der Waals surface area contributed by atoms with E-state index < -0.39 is 0 Å². The topological polar surface area (TPSA) is 69.8 Å². The van der Waals surface area contributed by atoms with E-state index in [9.17, 15) is 0 Å². The van der Waals surface area contributed by atoms with Gasteiger partial charge in [-0.25, -0.2) is 0 Å². The number of fused-ring (bicyclic) bond motifs is 1. The van der Waals surface area contributed by atoms with Crippen molar-refractivity contribution < 1.29 is 0 Å². The fourth-order valence-electron chi connectivity index (χ4n) is 5.65. The van der Waals surface area contributed by atoms with Crippen LogP contribution in [0.3, 0.4) is 0 Å². The molecular formula is C31H40N6. The molecule has 37 heavy (non-hydrogen) atoms. The van der Waals surface area contributed by atoms with Crippen LogP contribution in [0.4, 0.5) is 11.4 Å². The zero-order valence-electron chi connectivity index (χ0n) is 21.8. The Morgan fingerprint density at radius 1 is 1.00 bits per heavy atom. The zero-order valence-corrected chi connectivity index (χ0v) is 21.8. The fourth-order valence-corrected chi connectivity index (χ4v) is 5.65. The summed E-state index contributed by atoms with van der Waals surface area (Å²) in [5, 5.41) is 3.76. The number of nitrogens with two attached hydrogens (primary N) is 1. The molecule has 0 bridgehead atoms. The van der Waals surface area contributed by atoms with Crippen LogP contribution in [0, 0.1) is 0 Å². The van der Waals surface area contributed by atoms with Crippen LogP contribution in [-0.4, -0.2) is 59.8 Å². The second-order valence-electron chi connectivity index (χ2n) is 10.3. The molecule has 0 saturated carbocycles. The van der Waals surface area contributed by atoms with Crippen LogP contribution in [0.2, 0.25) is 0 Å². The number of nitrogens with one attached hydrogen (secondary N) is 1. The van der Waals surface area contributed by atoms with Gasteiger partial charge in [0.15, 0.2) is 0 Å². The van der Waals surface area contributed by atoms with E-state index in [4.69, 9.17) is 15.7 Å². The van der Waals surface area contributed by atoms with Gasteiger partial charge < -0.3 is 16.0 Å². The van der Waals surface area contributed by atoms with Gasteiger partial charge in [-0.05, 0) is 74.5 Å². The molecule has 1 fully saturated rings. The molecule has 6 nitrogen and oxygen atoms in total. The van der Waals surface area contributed by atoms with Crippen molar-refractivity contribution in [2.45, 2.75) is 50.7 Å². The Morgan fingerprint density at radius 2 is 1.81 bits per heavy atom. The summed E-state index contributed by atoms with van der Waals surface area (Å²) < 4.78 is 0. The summed E-state index contributed by atoms with van der Waals surface area (Å²) in [5.74, 6) is 0. The quantitative estimate of drug-likeness (QED) is 0.305. The minimum Gasteiger partial charge on any atom is -0.397 e. The van der Waals surface area contributed by atoms with E-state index in [-0.39, 0.29) is 0 Å². The maximum absolute atomic E-state index is 6.12. The van der Waals surface area contributed by atoms with Crippen molar-refractivity contribution in [1.82, 2.24) is 20.1 Å². The summed E-state index contributed by atoms with van der Waals surface area (Å²) >= 11 is 0. The van der Waals surface area contributed by atoms with E-state index in [0.29, 0.717) is 12.1 Å². The van der Waals surface area contributed by atoms with E-state index in [0.717, 1.165) is 63.5 Å². The van der Waals surface area contributed by atoms with Crippen LogP contribution < -0.4 is 11.1 Å². The molecule has 2 aromatic carbocycles. The number of aliphatic imine (C=N–C) groups is 1. The summed E-state index contributed by atoms with van der Waals surface area (Å²) in [7, 11) is 0. The first-order chi connectivity index (χ1) is 18.3. The Labute approximate surface area is 221 Å². The molecule has 1 atom stereocenters. The third-order valence-electron chi connectivity index (χ3n) is 7.82. The highest BCUT2D eigenvalue weighted by atomic mass is 15.2. The molecule has 5 rings (SSSR count). The van der Waals surface area contributed by atoms with Gasteiger partial charge in [0.2, 0.25) is 0 Å². The SMILES string of the molecule is Nc1ccccc1/N=C/CN(CCN1CCC(NCc2ccccc2)CC1)C1CCCc2cccnc21. The van der Waals surface area contributed by atoms with Gasteiger partial charge in [0.1, 0.15) is 0 Å². The van der Waals surface area contributed by atoms with Crippen LogP contribution >= 0.6 is 0 Å². The highest BCUT2D eigenvalue weighted by molar-refractivity contribution is 5.71. The van der Waals surface area contributed by atoms with Crippen molar-refractivity contribution in [2.75, 3.05) is 38.5 Å². The van der Waals surface area contributed by atoms with E-state index in [1.807, 2.05) is 36.7 Å². The molecule has 194 valence electrons. The molecular weight excluding hydrogens is 456 g/mol. The van der Waals surface area contributed by atoms with Crippen molar-refractivity contribution in [2.24, 2.45) is 4.99 Å². The second-order valence-corrected chi connectivity index (χ2v) is 10.3. The maximum Gasteiger partial charge on any atom is 0.0855 e. The predicted octanol–water partition coefficient (Wildman–Crippen LogP) is 5.00. The van der Waals surface area contributed by atoms with Gasteiger partial charge in [-0.2, -0.15) is 0 Å². The van der Waals surface area contributed by atoms with E-state index in [1.54, 1.807) is 0 Å². The molecule has 1 aliphatic heterocycles. The molecule has 6 heteroatoms. The zero-order chi connectivity index (χ0) is 25.3. The lowest BCUT2D eigenvalue weighted by Gasteiger charge is -2.37. The number of anilines is 1. The molecule has 0 amide bonds. The molecule has 2 heterocycles. The number of nitrogen functional groups attached to an aromatic ring is 1. The monoisotopic (exact) mass is 496 g/mol. The maximum atomic E-state index is 6.12. The first-order valence-electron chi connectivity index (χ1n) is 13.8. The average molecular weight is 497 g/mol. The van der Waals surface area contributed by atoms with Crippen molar-refractivity contribution in [3.05, 3.63) is 89.7 Å². The van der Waals surface area contributed by atoms with Gasteiger partial charge >= 0.3 is 0 Å². The molecule has 1 saturated heterocycles. The summed E-state index contributed by atoms with van der Waals surface area (Å²) in [6.07, 6.45) is 9.87. The molecule has 3 aromatic rings. The number of rotatable bonds is 10. The third-order valence-corrected chi connectivity index (χ3v) is 7.82. The smallest absolute Gasteiger partial charge is 0.0855 e. The molecule has 0 spiro atoms. The highest BCUT2D eigenvalue weighted by Gasteiger charge is 2.27. The lowest BCUT2D eigenvalue weighted by atomic mass is 9.91. The number of aryl methyl sites for hydroxylation is 1. The third kappa shape index (κ3) is 7.04. The van der Waals surface area contributed by atoms with Crippen molar-refractivity contribution >= 4 is 17.6 Å². The molecule has 0 radical (unpaired) electrons. The number of likely N-dealkylation sites (tertiary alicyclic amines) is 1. The first kappa shape index (κ1) is 25.6. The Kier molecular flexibility index (Phi) is 8.95. The van der Waals surface area contributed by atoms with E-state index in [2.05, 4.69) is 57.6 Å². The fraction of sp³-hybridized carbons (Fsp3) is 0.419. The van der Waals surface area contributed by atoms with Crippen LogP contribution in [0.5, 0.6) is 0 Å². The summed E-state index contributed by atoms with van der Waals surface area (Å²) in [4.78, 5) is 14.7. The molecule has 1 aliphatic carbocycles. The van der Waals surface area contributed by atoms with Crippen molar-refractivity contribution in [3.8, 4) is 0 Å². The van der Waals surface area contributed by atoms with Gasteiger partial charge in [-0.3, -0.25) is 14.9 Å². The molecule has 2 aliphatic rings. The summed E-state index contributed by atoms with van der Waals surface area (Å²) in [5.41, 5.74) is 11.7. The standard InChI is InChI=1S/C31H40N6/c32-28-12-4-5-13-29(28)33-18-21-37(30-14-6-10-26-11-7-17-34-31(26)30)23-22-36-19-15-27(16-20-36)35-24-25-8-2-1-3-9-25/h1-5,7-9,11-13,17-18,27,30,35H,6,10,14-16,19-24,32H2/b33-18+. The van der Waals surface area contributed by atoms with Gasteiger partial charge in [0.05, 0.1) is 23.1 Å². The lowest BCUT2D eigenvalue weighted by molar-refractivity contribution is 0.141. The van der Waals surface area contributed by atoms with Crippen molar-refractivity contribution in [1.29, 1.82) is 0 Å². The Balaban J connectivity index is 1.18. The number of hydrogen-bond donors (Lipinski definition) is 2. The van der Waals surface area contributed by atoms with E-state index >= 15 is 0 Å². The molecule has 1 unspecified atom stereocenters. The Morgan fingerprint density at radius 3 is 2.65 bits per heavy atom. The molecule has 3 N–H and O–H groups in total. The van der Waals surface area contributed by atoms with Crippen molar-refractivity contribution in [3.63, 3.8) is 0 Å². The largest absolute Gasteiger partial charge is 0.397 e. The highest BCUT2D eigenvalue weighted by Crippen LogP contribution is 2.32. The second kappa shape index (κ2) is 13.0. The number of aromatic nitrogens is 1. The number of para-hydroxylation sites is 2. The number of hydrogen-bond acceptors (Lipinski definition) is 6. The van der Waals surface area contributed by atoms with E-state index in [1.165, 1.54) is 36.1 Å². The van der Waals surface area contributed by atoms with Gasteiger partial charge in [-0.1, -0.05) is 48.5 Å². The summed E-state index contributed by atoms with van der Waals surface area (Å²) in [6, 6.07) is 23.8. The normalized spacial score (nSPS) is 18.9. The van der Waals surface area contributed by atoms with Gasteiger partial charge in [-0.15, -0.1) is 0 Å². The average Bonchev–Trinajstić information content (AvgIpc) is 2.95. The number of nitrogens with zero attached hydrogens (tertiary/aromatic N) is 4. The predicted molar refractivity (Wildman–Crippen MR) is 153 cm³/mol.